The van der Waals surface area contributed by atoms with Crippen LogP contribution in [0.1, 0.15) is 68.0 Å². The van der Waals surface area contributed by atoms with E-state index in [1.807, 2.05) is 0 Å². The number of aromatic nitrogens is 2. The van der Waals surface area contributed by atoms with Crippen molar-refractivity contribution in [1.29, 1.82) is 0 Å². The Morgan fingerprint density at radius 3 is 3.03 bits per heavy atom. The van der Waals surface area contributed by atoms with E-state index < -0.39 is 6.10 Å². The van der Waals surface area contributed by atoms with Gasteiger partial charge in [0.1, 0.15) is 12.1 Å². The van der Waals surface area contributed by atoms with E-state index in [-0.39, 0.29) is 5.41 Å². The Hall–Kier alpha value is -2.18. The van der Waals surface area contributed by atoms with Gasteiger partial charge in [0.25, 0.3) is 0 Å². The molecule has 1 saturated heterocycles. The summed E-state index contributed by atoms with van der Waals surface area (Å²) >= 11 is 0. The molecule has 29 heavy (non-hydrogen) atoms. The Morgan fingerprint density at radius 1 is 1.34 bits per heavy atom. The summed E-state index contributed by atoms with van der Waals surface area (Å²) in [5.74, 6) is 1.33. The molecular weight excluding hydrogens is 362 g/mol. The Morgan fingerprint density at radius 2 is 2.21 bits per heavy atom. The predicted molar refractivity (Wildman–Crippen MR) is 115 cm³/mol. The molecule has 0 unspecified atom stereocenters. The van der Waals surface area contributed by atoms with Crippen LogP contribution in [0.15, 0.2) is 24.5 Å². The van der Waals surface area contributed by atoms with Crippen LogP contribution < -0.4 is 15.5 Å². The van der Waals surface area contributed by atoms with Crippen LogP contribution in [0.5, 0.6) is 0 Å². The molecule has 0 radical (unpaired) electrons. The summed E-state index contributed by atoms with van der Waals surface area (Å²) in [6, 6.07) is 7.11. The molecule has 1 fully saturated rings. The van der Waals surface area contributed by atoms with Gasteiger partial charge in [0, 0.05) is 48.9 Å². The quantitative estimate of drug-likeness (QED) is 0.741. The molecule has 1 aromatic heterocycles. The van der Waals surface area contributed by atoms with Crippen LogP contribution in [-0.4, -0.2) is 40.8 Å². The van der Waals surface area contributed by atoms with Crippen molar-refractivity contribution in [2.45, 2.75) is 63.6 Å². The molecule has 0 saturated carbocycles. The number of aliphatic hydroxyl groups is 1. The molecule has 6 heteroatoms. The molecule has 1 aromatic carbocycles. The predicted octanol–water partition coefficient (Wildman–Crippen LogP) is 3.09. The lowest BCUT2D eigenvalue weighted by molar-refractivity contribution is 0.170. The summed E-state index contributed by atoms with van der Waals surface area (Å²) in [7, 11) is 0. The molecule has 0 amide bonds. The molecule has 3 heterocycles. The summed E-state index contributed by atoms with van der Waals surface area (Å²) in [6.45, 7) is 10.4. The lowest BCUT2D eigenvalue weighted by atomic mass is 9.79. The number of anilines is 2. The fourth-order valence-corrected chi connectivity index (χ4v) is 5.54. The summed E-state index contributed by atoms with van der Waals surface area (Å²) in [4.78, 5) is 11.5. The second kappa shape index (κ2) is 6.96. The fraction of sp³-hybridized carbons (Fsp3) is 0.565. The van der Waals surface area contributed by atoms with Crippen molar-refractivity contribution in [3.8, 4) is 0 Å². The molecule has 0 bridgehead atoms. The lowest BCUT2D eigenvalue weighted by Gasteiger charge is -2.28. The SMILES string of the molecule is CC(C)NCc1cccc2c1[C@@]1(CCN(c3ncnc4c3[C@H](C)C[C@H]4O)C1)CN2. The van der Waals surface area contributed by atoms with E-state index in [0.29, 0.717) is 12.0 Å². The zero-order valence-electron chi connectivity index (χ0n) is 17.6. The fourth-order valence-electron chi connectivity index (χ4n) is 5.54. The monoisotopic (exact) mass is 393 g/mol. The number of aliphatic hydroxyl groups excluding tert-OH is 1. The first-order valence-corrected chi connectivity index (χ1v) is 10.9. The molecule has 2 aliphatic heterocycles. The molecule has 3 aliphatic rings. The van der Waals surface area contributed by atoms with E-state index in [1.165, 1.54) is 16.8 Å². The first-order valence-electron chi connectivity index (χ1n) is 10.9. The van der Waals surface area contributed by atoms with Gasteiger partial charge in [-0.2, -0.15) is 0 Å². The largest absolute Gasteiger partial charge is 0.387 e. The average Bonchev–Trinajstić information content (AvgIpc) is 3.38. The number of rotatable bonds is 4. The average molecular weight is 394 g/mol. The summed E-state index contributed by atoms with van der Waals surface area (Å²) in [5.41, 5.74) is 6.26. The molecule has 2 aromatic rings. The van der Waals surface area contributed by atoms with Gasteiger partial charge in [-0.25, -0.2) is 9.97 Å². The maximum Gasteiger partial charge on any atom is 0.135 e. The van der Waals surface area contributed by atoms with E-state index in [1.54, 1.807) is 6.33 Å². The van der Waals surface area contributed by atoms with Crippen molar-refractivity contribution >= 4 is 11.5 Å². The molecule has 5 rings (SSSR count). The number of fused-ring (bicyclic) bond motifs is 3. The summed E-state index contributed by atoms with van der Waals surface area (Å²) < 4.78 is 0. The first kappa shape index (κ1) is 18.8. The number of nitrogens with zero attached hydrogens (tertiary/aromatic N) is 3. The minimum atomic E-state index is -0.458. The Bertz CT molecular complexity index is 929. The maximum atomic E-state index is 10.4. The lowest BCUT2D eigenvalue weighted by Crippen LogP contribution is -2.35. The number of hydrogen-bond acceptors (Lipinski definition) is 6. The second-order valence-electron chi connectivity index (χ2n) is 9.33. The van der Waals surface area contributed by atoms with Crippen LogP contribution in [0.25, 0.3) is 0 Å². The normalized spacial score (nSPS) is 27.6. The Labute approximate surface area is 172 Å². The molecule has 154 valence electrons. The van der Waals surface area contributed by atoms with Crippen LogP contribution >= 0.6 is 0 Å². The van der Waals surface area contributed by atoms with E-state index in [0.717, 1.165) is 56.1 Å². The third-order valence-electron chi connectivity index (χ3n) is 6.93. The Kier molecular flexibility index (Phi) is 4.51. The van der Waals surface area contributed by atoms with Gasteiger partial charge in [-0.3, -0.25) is 0 Å². The van der Waals surface area contributed by atoms with Crippen LogP contribution in [-0.2, 0) is 12.0 Å². The minimum Gasteiger partial charge on any atom is -0.387 e. The van der Waals surface area contributed by atoms with Crippen molar-refractivity contribution in [3.63, 3.8) is 0 Å². The van der Waals surface area contributed by atoms with Gasteiger partial charge in [0.2, 0.25) is 0 Å². The highest BCUT2D eigenvalue weighted by molar-refractivity contribution is 5.66. The van der Waals surface area contributed by atoms with E-state index in [9.17, 15) is 5.11 Å². The maximum absolute atomic E-state index is 10.4. The van der Waals surface area contributed by atoms with Crippen molar-refractivity contribution < 1.29 is 5.11 Å². The van der Waals surface area contributed by atoms with Gasteiger partial charge in [-0.05, 0) is 36.0 Å². The molecule has 1 spiro atoms. The van der Waals surface area contributed by atoms with Gasteiger partial charge < -0.3 is 20.6 Å². The van der Waals surface area contributed by atoms with Crippen LogP contribution in [0, 0.1) is 0 Å². The van der Waals surface area contributed by atoms with Crippen molar-refractivity contribution in [3.05, 3.63) is 46.9 Å². The standard InChI is InChI=1S/C23H31N5O/c1-14(2)24-10-16-5-4-6-17-20(16)23(11-25-17)7-8-28(12-23)22-19-15(3)9-18(29)21(19)26-13-27-22/h4-6,13-15,18,24-25,29H,7-12H2,1-3H3/t15-,18-,23+/m1/s1. The molecule has 3 N–H and O–H groups in total. The summed E-state index contributed by atoms with van der Waals surface area (Å²) in [6.07, 6.45) is 3.02. The third-order valence-corrected chi connectivity index (χ3v) is 6.93. The zero-order chi connectivity index (χ0) is 20.2. The highest BCUT2D eigenvalue weighted by atomic mass is 16.3. The smallest absolute Gasteiger partial charge is 0.135 e. The van der Waals surface area contributed by atoms with Crippen LogP contribution in [0.3, 0.4) is 0 Å². The molecule has 1 aliphatic carbocycles. The first-order chi connectivity index (χ1) is 14.0. The second-order valence-corrected chi connectivity index (χ2v) is 9.33. The third kappa shape index (κ3) is 3.01. The van der Waals surface area contributed by atoms with Crippen LogP contribution in [0.2, 0.25) is 0 Å². The molecule has 6 nitrogen and oxygen atoms in total. The topological polar surface area (TPSA) is 73.3 Å². The van der Waals surface area contributed by atoms with Gasteiger partial charge in [0.05, 0.1) is 11.8 Å². The minimum absolute atomic E-state index is 0.114. The number of nitrogens with one attached hydrogen (secondary N) is 2. The van der Waals surface area contributed by atoms with Gasteiger partial charge in [-0.15, -0.1) is 0 Å². The van der Waals surface area contributed by atoms with E-state index in [2.05, 4.69) is 64.5 Å². The van der Waals surface area contributed by atoms with Gasteiger partial charge in [-0.1, -0.05) is 32.9 Å². The van der Waals surface area contributed by atoms with Crippen molar-refractivity contribution in [2.24, 2.45) is 0 Å². The highest BCUT2D eigenvalue weighted by Gasteiger charge is 2.47. The van der Waals surface area contributed by atoms with E-state index in [4.69, 9.17) is 0 Å². The van der Waals surface area contributed by atoms with E-state index >= 15 is 0 Å². The molecule has 3 atom stereocenters. The van der Waals surface area contributed by atoms with Gasteiger partial charge in [0.15, 0.2) is 0 Å². The molecular formula is C23H31N5O. The van der Waals surface area contributed by atoms with Crippen molar-refractivity contribution in [1.82, 2.24) is 15.3 Å². The Balaban J connectivity index is 1.48. The summed E-state index contributed by atoms with van der Waals surface area (Å²) in [5, 5.41) is 17.6. The zero-order valence-corrected chi connectivity index (χ0v) is 17.6. The highest BCUT2D eigenvalue weighted by Crippen LogP contribution is 2.48. The van der Waals surface area contributed by atoms with Crippen LogP contribution in [0.4, 0.5) is 11.5 Å². The number of benzene rings is 1. The van der Waals surface area contributed by atoms with Crippen molar-refractivity contribution in [2.75, 3.05) is 29.9 Å². The van der Waals surface area contributed by atoms with Gasteiger partial charge >= 0.3 is 0 Å². The number of hydrogen-bond donors (Lipinski definition) is 3.